The maximum absolute atomic E-state index is 5.27. The second kappa shape index (κ2) is 7.75. The minimum Gasteiger partial charge on any atom is -0.497 e. The first kappa shape index (κ1) is 14.6. The molecule has 0 aliphatic rings. The third-order valence-corrected chi connectivity index (χ3v) is 4.38. The molecule has 0 aromatic heterocycles. The summed E-state index contributed by atoms with van der Waals surface area (Å²) >= 11 is 3.66. The number of benzene rings is 1. The van der Waals surface area contributed by atoms with Crippen LogP contribution in [-0.2, 0) is 6.42 Å². The molecule has 0 radical (unpaired) electrons. The predicted octanol–water partition coefficient (Wildman–Crippen LogP) is 4.69. The first-order valence-corrected chi connectivity index (χ1v) is 7.56. The van der Waals surface area contributed by atoms with Crippen LogP contribution in [0.3, 0.4) is 0 Å². The van der Waals surface area contributed by atoms with Crippen molar-refractivity contribution < 1.29 is 4.74 Å². The number of rotatable bonds is 7. The monoisotopic (exact) mass is 298 g/mol. The summed E-state index contributed by atoms with van der Waals surface area (Å²) < 4.78 is 5.27. The van der Waals surface area contributed by atoms with Crippen LogP contribution in [0.5, 0.6) is 5.75 Å². The van der Waals surface area contributed by atoms with Crippen LogP contribution < -0.4 is 4.74 Å². The molecule has 1 rings (SSSR count). The fourth-order valence-corrected chi connectivity index (χ4v) is 3.16. The van der Waals surface area contributed by atoms with Crippen molar-refractivity contribution in [3.8, 4) is 5.75 Å². The van der Waals surface area contributed by atoms with Crippen molar-refractivity contribution in [3.05, 3.63) is 29.8 Å². The smallest absolute Gasteiger partial charge is 0.119 e. The molecule has 1 atom stereocenters. The second-order valence-electron chi connectivity index (χ2n) is 4.55. The van der Waals surface area contributed by atoms with Crippen molar-refractivity contribution in [2.24, 2.45) is 11.8 Å². The number of alkyl halides is 1. The van der Waals surface area contributed by atoms with Crippen LogP contribution in [0.15, 0.2) is 24.3 Å². The van der Waals surface area contributed by atoms with Crippen LogP contribution in [0.25, 0.3) is 0 Å². The van der Waals surface area contributed by atoms with Crippen LogP contribution in [-0.4, -0.2) is 12.4 Å². The fraction of sp³-hybridized carbons (Fsp3) is 0.600. The van der Waals surface area contributed by atoms with Gasteiger partial charge in [-0.2, -0.15) is 0 Å². The van der Waals surface area contributed by atoms with Crippen LogP contribution in [0.1, 0.15) is 32.3 Å². The summed E-state index contributed by atoms with van der Waals surface area (Å²) in [6, 6.07) is 8.43. The van der Waals surface area contributed by atoms with E-state index in [0.717, 1.165) is 29.3 Å². The number of methoxy groups -OCH3 is 1. The van der Waals surface area contributed by atoms with Crippen molar-refractivity contribution in [1.82, 2.24) is 0 Å². The summed E-state index contributed by atoms with van der Waals surface area (Å²) in [6.07, 6.45) is 3.66. The van der Waals surface area contributed by atoms with Crippen molar-refractivity contribution in [2.45, 2.75) is 33.1 Å². The van der Waals surface area contributed by atoms with Gasteiger partial charge in [-0.3, -0.25) is 0 Å². The molecule has 0 spiro atoms. The largest absolute Gasteiger partial charge is 0.497 e. The van der Waals surface area contributed by atoms with E-state index in [4.69, 9.17) is 4.74 Å². The molecule has 1 aromatic carbocycles. The molecule has 96 valence electrons. The molecule has 0 N–H and O–H groups in total. The minimum absolute atomic E-state index is 0.720. The highest BCUT2D eigenvalue weighted by molar-refractivity contribution is 9.09. The molecule has 0 aliphatic carbocycles. The van der Waals surface area contributed by atoms with Gasteiger partial charge in [0.15, 0.2) is 0 Å². The first-order chi connectivity index (χ1) is 8.24. The van der Waals surface area contributed by atoms with E-state index in [1.807, 2.05) is 6.07 Å². The van der Waals surface area contributed by atoms with Gasteiger partial charge in [-0.15, -0.1) is 0 Å². The highest BCUT2D eigenvalue weighted by atomic mass is 79.9. The number of hydrogen-bond donors (Lipinski definition) is 0. The van der Waals surface area contributed by atoms with Gasteiger partial charge in [0.05, 0.1) is 7.11 Å². The summed E-state index contributed by atoms with van der Waals surface area (Å²) in [4.78, 5) is 0. The average Bonchev–Trinajstić information content (AvgIpc) is 2.39. The molecule has 0 amide bonds. The molecule has 0 saturated heterocycles. The van der Waals surface area contributed by atoms with E-state index in [-0.39, 0.29) is 0 Å². The topological polar surface area (TPSA) is 9.23 Å². The Morgan fingerprint density at radius 2 is 1.88 bits per heavy atom. The lowest BCUT2D eigenvalue weighted by Gasteiger charge is -2.23. The van der Waals surface area contributed by atoms with E-state index in [9.17, 15) is 0 Å². The molecule has 2 heteroatoms. The second-order valence-corrected chi connectivity index (χ2v) is 5.19. The molecule has 0 heterocycles. The average molecular weight is 299 g/mol. The number of hydrogen-bond acceptors (Lipinski definition) is 1. The van der Waals surface area contributed by atoms with Gasteiger partial charge in [0.25, 0.3) is 0 Å². The third-order valence-electron chi connectivity index (χ3n) is 3.55. The van der Waals surface area contributed by atoms with Gasteiger partial charge >= 0.3 is 0 Å². The molecule has 17 heavy (non-hydrogen) atoms. The summed E-state index contributed by atoms with van der Waals surface area (Å²) in [6.45, 7) is 4.57. The van der Waals surface area contributed by atoms with Gasteiger partial charge in [-0.25, -0.2) is 0 Å². The molecule has 1 aromatic rings. The molecular weight excluding hydrogens is 276 g/mol. The zero-order chi connectivity index (χ0) is 12.7. The van der Waals surface area contributed by atoms with Gasteiger partial charge in [0, 0.05) is 5.33 Å². The van der Waals surface area contributed by atoms with E-state index in [0.29, 0.717) is 0 Å². The Morgan fingerprint density at radius 3 is 2.41 bits per heavy atom. The zero-order valence-electron chi connectivity index (χ0n) is 11.1. The molecule has 0 bridgehead atoms. The Labute approximate surface area is 114 Å². The Hall–Kier alpha value is -0.500. The Morgan fingerprint density at radius 1 is 1.18 bits per heavy atom. The van der Waals surface area contributed by atoms with E-state index >= 15 is 0 Å². The Kier molecular flexibility index (Phi) is 6.64. The summed E-state index contributed by atoms with van der Waals surface area (Å²) in [5.74, 6) is 2.48. The van der Waals surface area contributed by atoms with Crippen molar-refractivity contribution >= 4 is 15.9 Å². The van der Waals surface area contributed by atoms with Crippen molar-refractivity contribution in [3.63, 3.8) is 0 Å². The molecular formula is C15H23BrO. The normalized spacial score (nSPS) is 12.8. The fourth-order valence-electron chi connectivity index (χ4n) is 2.40. The van der Waals surface area contributed by atoms with E-state index in [1.165, 1.54) is 18.4 Å². The van der Waals surface area contributed by atoms with Gasteiger partial charge < -0.3 is 4.74 Å². The lowest BCUT2D eigenvalue weighted by molar-refractivity contribution is 0.341. The maximum atomic E-state index is 5.27. The summed E-state index contributed by atoms with van der Waals surface area (Å²) in [5, 5.41) is 1.08. The van der Waals surface area contributed by atoms with Crippen LogP contribution in [0.2, 0.25) is 0 Å². The Bertz CT molecular complexity index is 320. The molecule has 0 aliphatic heterocycles. The van der Waals surface area contributed by atoms with Gasteiger partial charge in [-0.1, -0.05) is 54.8 Å². The highest BCUT2D eigenvalue weighted by Crippen LogP contribution is 2.26. The van der Waals surface area contributed by atoms with Crippen molar-refractivity contribution in [2.75, 3.05) is 12.4 Å². The quantitative estimate of drug-likeness (QED) is 0.664. The Balaban J connectivity index is 2.72. The lowest BCUT2D eigenvalue weighted by Crippen LogP contribution is -2.17. The van der Waals surface area contributed by atoms with Crippen molar-refractivity contribution in [1.29, 1.82) is 0 Å². The maximum Gasteiger partial charge on any atom is 0.119 e. The SMILES string of the molecule is CCC(CC)C(CBr)Cc1cccc(OC)c1. The summed E-state index contributed by atoms with van der Waals surface area (Å²) in [5.41, 5.74) is 1.38. The molecule has 1 nitrogen and oxygen atoms in total. The first-order valence-electron chi connectivity index (χ1n) is 6.44. The number of ether oxygens (including phenoxy) is 1. The van der Waals surface area contributed by atoms with Gasteiger partial charge in [-0.05, 0) is 36.0 Å². The summed E-state index contributed by atoms with van der Waals surface area (Å²) in [7, 11) is 1.72. The standard InChI is InChI=1S/C15H23BrO/c1-4-13(5-2)14(11-16)9-12-7-6-8-15(10-12)17-3/h6-8,10,13-14H,4-5,9,11H2,1-3H3. The van der Waals surface area contributed by atoms with E-state index in [2.05, 4.69) is 48.0 Å². The van der Waals surface area contributed by atoms with E-state index in [1.54, 1.807) is 7.11 Å². The lowest BCUT2D eigenvalue weighted by atomic mass is 9.85. The zero-order valence-corrected chi connectivity index (χ0v) is 12.7. The van der Waals surface area contributed by atoms with Crippen LogP contribution in [0.4, 0.5) is 0 Å². The van der Waals surface area contributed by atoms with Crippen LogP contribution >= 0.6 is 15.9 Å². The third kappa shape index (κ3) is 4.34. The molecule has 1 unspecified atom stereocenters. The molecule has 0 fully saturated rings. The van der Waals surface area contributed by atoms with Gasteiger partial charge in [0.1, 0.15) is 5.75 Å². The predicted molar refractivity (Wildman–Crippen MR) is 78.1 cm³/mol. The van der Waals surface area contributed by atoms with Crippen LogP contribution in [0, 0.1) is 11.8 Å². The number of halogens is 1. The molecule has 0 saturated carbocycles. The highest BCUT2D eigenvalue weighted by Gasteiger charge is 2.17. The minimum atomic E-state index is 0.720. The van der Waals surface area contributed by atoms with E-state index < -0.39 is 0 Å². The van der Waals surface area contributed by atoms with Gasteiger partial charge in [0.2, 0.25) is 0 Å².